The van der Waals surface area contributed by atoms with Crippen LogP contribution in [0.5, 0.6) is 0 Å². The average Bonchev–Trinajstić information content (AvgIpc) is 2.37. The van der Waals surface area contributed by atoms with Gasteiger partial charge in [-0.3, -0.25) is 14.4 Å². The van der Waals surface area contributed by atoms with Crippen LogP contribution >= 0.6 is 0 Å². The van der Waals surface area contributed by atoms with E-state index in [0.29, 0.717) is 13.1 Å². The standard InChI is InChI=1S/C15H29N3O3/c1-8-18(9-2)12(19)10-17(7)13(20)11(3)16-14(21)15(4,5)6/h11H,8-10H2,1-7H3,(H,16,21). The molecule has 0 rings (SSSR count). The molecule has 1 atom stereocenters. The van der Waals surface area contributed by atoms with E-state index in [4.69, 9.17) is 0 Å². The molecule has 0 heterocycles. The minimum absolute atomic E-state index is 0.0240. The third-order valence-electron chi connectivity index (χ3n) is 3.26. The summed E-state index contributed by atoms with van der Waals surface area (Å²) in [5.41, 5.74) is -0.551. The molecule has 0 bridgehead atoms. The molecule has 0 aliphatic carbocycles. The van der Waals surface area contributed by atoms with Gasteiger partial charge in [0, 0.05) is 25.6 Å². The minimum Gasteiger partial charge on any atom is -0.344 e. The number of hydrogen-bond acceptors (Lipinski definition) is 3. The van der Waals surface area contributed by atoms with Gasteiger partial charge in [0.05, 0.1) is 6.54 Å². The van der Waals surface area contributed by atoms with Crippen LogP contribution in [-0.4, -0.2) is 60.2 Å². The Bertz CT molecular complexity index is 384. The zero-order chi connectivity index (χ0) is 16.8. The number of amides is 3. The van der Waals surface area contributed by atoms with Crippen LogP contribution in [0.15, 0.2) is 0 Å². The lowest BCUT2D eigenvalue weighted by Crippen LogP contribution is -2.50. The number of nitrogens with zero attached hydrogens (tertiary/aromatic N) is 2. The van der Waals surface area contributed by atoms with Crippen molar-refractivity contribution in [2.45, 2.75) is 47.6 Å². The highest BCUT2D eigenvalue weighted by molar-refractivity contribution is 5.91. The Kier molecular flexibility index (Phi) is 7.39. The van der Waals surface area contributed by atoms with Crippen molar-refractivity contribution in [1.29, 1.82) is 0 Å². The van der Waals surface area contributed by atoms with Crippen LogP contribution in [0, 0.1) is 5.41 Å². The van der Waals surface area contributed by atoms with Gasteiger partial charge in [-0.15, -0.1) is 0 Å². The number of carbonyl (C=O) groups excluding carboxylic acids is 3. The van der Waals surface area contributed by atoms with Crippen LogP contribution in [0.4, 0.5) is 0 Å². The summed E-state index contributed by atoms with van der Waals surface area (Å²) in [6.45, 7) is 12.0. The van der Waals surface area contributed by atoms with Crippen molar-refractivity contribution >= 4 is 17.7 Å². The van der Waals surface area contributed by atoms with Crippen LogP contribution in [0.2, 0.25) is 0 Å². The fourth-order valence-electron chi connectivity index (χ4n) is 1.76. The number of carbonyl (C=O) groups is 3. The number of nitrogens with one attached hydrogen (secondary N) is 1. The SMILES string of the molecule is CCN(CC)C(=O)CN(C)C(=O)C(C)NC(=O)C(C)(C)C. The van der Waals surface area contributed by atoms with E-state index in [1.807, 2.05) is 13.8 Å². The smallest absolute Gasteiger partial charge is 0.245 e. The van der Waals surface area contributed by atoms with E-state index in [1.165, 1.54) is 4.90 Å². The molecule has 0 aromatic carbocycles. The van der Waals surface area contributed by atoms with Gasteiger partial charge in [-0.2, -0.15) is 0 Å². The second-order valence-electron chi connectivity index (χ2n) is 6.21. The van der Waals surface area contributed by atoms with Gasteiger partial charge < -0.3 is 15.1 Å². The molecule has 0 fully saturated rings. The Morgan fingerprint density at radius 3 is 1.95 bits per heavy atom. The summed E-state index contributed by atoms with van der Waals surface area (Å²) in [6, 6.07) is -0.647. The molecule has 1 N–H and O–H groups in total. The first-order valence-corrected chi connectivity index (χ1v) is 7.38. The van der Waals surface area contributed by atoms with Gasteiger partial charge in [0.2, 0.25) is 17.7 Å². The molecule has 0 saturated carbocycles. The van der Waals surface area contributed by atoms with Gasteiger partial charge in [-0.25, -0.2) is 0 Å². The maximum absolute atomic E-state index is 12.2. The van der Waals surface area contributed by atoms with Gasteiger partial charge in [0.1, 0.15) is 6.04 Å². The van der Waals surface area contributed by atoms with Crippen LogP contribution < -0.4 is 5.32 Å². The van der Waals surface area contributed by atoms with Crippen molar-refractivity contribution in [2.75, 3.05) is 26.7 Å². The summed E-state index contributed by atoms with van der Waals surface area (Å²) in [5.74, 6) is -0.551. The molecule has 0 aromatic heterocycles. The predicted molar refractivity (Wildman–Crippen MR) is 82.6 cm³/mol. The van der Waals surface area contributed by atoms with Gasteiger partial charge in [0.15, 0.2) is 0 Å². The summed E-state index contributed by atoms with van der Waals surface area (Å²) in [5, 5.41) is 2.68. The lowest BCUT2D eigenvalue weighted by Gasteiger charge is -2.27. The number of rotatable bonds is 6. The molecule has 0 radical (unpaired) electrons. The Balaban J connectivity index is 4.57. The first-order valence-electron chi connectivity index (χ1n) is 7.38. The van der Waals surface area contributed by atoms with Gasteiger partial charge in [-0.05, 0) is 20.8 Å². The summed E-state index contributed by atoms with van der Waals surface area (Å²) in [7, 11) is 1.57. The summed E-state index contributed by atoms with van der Waals surface area (Å²) >= 11 is 0. The van der Waals surface area contributed by atoms with Crippen molar-refractivity contribution in [3.8, 4) is 0 Å². The zero-order valence-electron chi connectivity index (χ0n) is 14.3. The van der Waals surface area contributed by atoms with E-state index >= 15 is 0 Å². The van der Waals surface area contributed by atoms with Gasteiger partial charge in [0.25, 0.3) is 0 Å². The van der Waals surface area contributed by atoms with Crippen LogP contribution in [0.3, 0.4) is 0 Å². The largest absolute Gasteiger partial charge is 0.344 e. The summed E-state index contributed by atoms with van der Waals surface area (Å²) < 4.78 is 0. The van der Waals surface area contributed by atoms with E-state index < -0.39 is 11.5 Å². The maximum atomic E-state index is 12.2. The Morgan fingerprint density at radius 1 is 1.10 bits per heavy atom. The van der Waals surface area contributed by atoms with Gasteiger partial charge >= 0.3 is 0 Å². The highest BCUT2D eigenvalue weighted by Crippen LogP contribution is 2.13. The molecular formula is C15H29N3O3. The molecule has 3 amide bonds. The molecule has 0 spiro atoms. The molecule has 21 heavy (non-hydrogen) atoms. The second kappa shape index (κ2) is 8.00. The lowest BCUT2D eigenvalue weighted by molar-refractivity contribution is -0.141. The van der Waals surface area contributed by atoms with E-state index in [2.05, 4.69) is 5.32 Å². The van der Waals surface area contributed by atoms with Crippen molar-refractivity contribution in [3.05, 3.63) is 0 Å². The Hall–Kier alpha value is -1.59. The minimum atomic E-state index is -0.647. The Labute approximate surface area is 127 Å². The normalized spacial score (nSPS) is 12.5. The fraction of sp³-hybridized carbons (Fsp3) is 0.800. The zero-order valence-corrected chi connectivity index (χ0v) is 14.3. The summed E-state index contributed by atoms with van der Waals surface area (Å²) in [6.07, 6.45) is 0. The van der Waals surface area contributed by atoms with E-state index in [9.17, 15) is 14.4 Å². The first-order chi connectivity index (χ1) is 9.54. The molecule has 1 unspecified atom stereocenters. The van der Waals surface area contributed by atoms with E-state index in [1.54, 1.807) is 39.6 Å². The molecule has 6 heteroatoms. The second-order valence-corrected chi connectivity index (χ2v) is 6.21. The monoisotopic (exact) mass is 299 g/mol. The number of likely N-dealkylation sites (N-methyl/N-ethyl adjacent to an activating group) is 2. The third kappa shape index (κ3) is 6.14. The van der Waals surface area contributed by atoms with Crippen molar-refractivity contribution in [2.24, 2.45) is 5.41 Å². The predicted octanol–water partition coefficient (Wildman–Crippen LogP) is 0.864. The first kappa shape index (κ1) is 19.4. The number of hydrogen-bond donors (Lipinski definition) is 1. The molecule has 0 aliphatic heterocycles. The molecule has 6 nitrogen and oxygen atoms in total. The highest BCUT2D eigenvalue weighted by atomic mass is 16.2. The molecule has 0 saturated heterocycles. The Morgan fingerprint density at radius 2 is 1.57 bits per heavy atom. The molecule has 0 aliphatic rings. The average molecular weight is 299 g/mol. The van der Waals surface area contributed by atoms with Crippen LogP contribution in [0.25, 0.3) is 0 Å². The van der Waals surface area contributed by atoms with Crippen molar-refractivity contribution in [1.82, 2.24) is 15.1 Å². The molecule has 122 valence electrons. The van der Waals surface area contributed by atoms with Crippen molar-refractivity contribution in [3.63, 3.8) is 0 Å². The maximum Gasteiger partial charge on any atom is 0.245 e. The van der Waals surface area contributed by atoms with Gasteiger partial charge in [-0.1, -0.05) is 20.8 Å². The van der Waals surface area contributed by atoms with E-state index in [-0.39, 0.29) is 24.3 Å². The topological polar surface area (TPSA) is 69.7 Å². The van der Waals surface area contributed by atoms with Crippen LogP contribution in [-0.2, 0) is 14.4 Å². The van der Waals surface area contributed by atoms with Crippen LogP contribution in [0.1, 0.15) is 41.5 Å². The molecule has 0 aromatic rings. The van der Waals surface area contributed by atoms with Crippen molar-refractivity contribution < 1.29 is 14.4 Å². The molecular weight excluding hydrogens is 270 g/mol. The quantitative estimate of drug-likeness (QED) is 0.791. The lowest BCUT2D eigenvalue weighted by atomic mass is 9.95. The van der Waals surface area contributed by atoms with E-state index in [0.717, 1.165) is 0 Å². The fourth-order valence-corrected chi connectivity index (χ4v) is 1.76. The third-order valence-corrected chi connectivity index (χ3v) is 3.26. The highest BCUT2D eigenvalue weighted by Gasteiger charge is 2.27. The summed E-state index contributed by atoms with van der Waals surface area (Å²) in [4.78, 5) is 39.0.